The van der Waals surface area contributed by atoms with Crippen LogP contribution in [0.2, 0.25) is 0 Å². The summed E-state index contributed by atoms with van der Waals surface area (Å²) in [6.45, 7) is 10.6. The van der Waals surface area contributed by atoms with E-state index in [4.69, 9.17) is 5.11 Å². The third kappa shape index (κ3) is 3.51. The molecule has 0 saturated carbocycles. The van der Waals surface area contributed by atoms with E-state index in [-0.39, 0.29) is 11.8 Å². The van der Waals surface area contributed by atoms with Gasteiger partial charge < -0.3 is 10.4 Å². The van der Waals surface area contributed by atoms with Crippen LogP contribution in [0.1, 0.15) is 48.0 Å². The molecule has 4 heteroatoms. The van der Waals surface area contributed by atoms with E-state index in [0.29, 0.717) is 6.42 Å². The van der Waals surface area contributed by atoms with Gasteiger partial charge in [0.05, 0.1) is 5.41 Å². The predicted octanol–water partition coefficient (Wildman–Crippen LogP) is 2.04. The minimum absolute atomic E-state index is 0.102. The fraction of sp³-hybridized carbons (Fsp3) is 0.833. The lowest BCUT2D eigenvalue weighted by atomic mass is 9.74. The number of hydrogen-bond acceptors (Lipinski definition) is 2. The van der Waals surface area contributed by atoms with Crippen LogP contribution in [-0.4, -0.2) is 22.5 Å². The molecule has 2 N–H and O–H groups in total. The van der Waals surface area contributed by atoms with E-state index < -0.39 is 16.9 Å². The topological polar surface area (TPSA) is 66.4 Å². The van der Waals surface area contributed by atoms with Gasteiger partial charge in [-0.15, -0.1) is 0 Å². The second-order valence-electron chi connectivity index (χ2n) is 5.70. The SMILES string of the molecule is CC(C)CC(=O)NC(C)(C)C(C)(C)C(=O)O. The summed E-state index contributed by atoms with van der Waals surface area (Å²) < 4.78 is 0. The van der Waals surface area contributed by atoms with Crippen molar-refractivity contribution in [2.75, 3.05) is 0 Å². The number of carbonyl (C=O) groups excluding carboxylic acids is 1. The predicted molar refractivity (Wildman–Crippen MR) is 63.1 cm³/mol. The third-order valence-corrected chi connectivity index (χ3v) is 3.14. The van der Waals surface area contributed by atoms with Crippen LogP contribution in [0.3, 0.4) is 0 Å². The number of rotatable bonds is 5. The Morgan fingerprint density at radius 1 is 1.19 bits per heavy atom. The Bertz CT molecular complexity index is 280. The Labute approximate surface area is 97.4 Å². The van der Waals surface area contributed by atoms with Gasteiger partial charge in [-0.3, -0.25) is 9.59 Å². The Morgan fingerprint density at radius 3 is 1.94 bits per heavy atom. The van der Waals surface area contributed by atoms with E-state index >= 15 is 0 Å². The van der Waals surface area contributed by atoms with E-state index in [1.54, 1.807) is 27.7 Å². The average molecular weight is 229 g/mol. The first-order valence-electron chi connectivity index (χ1n) is 5.55. The number of carboxylic acids is 1. The van der Waals surface area contributed by atoms with Crippen molar-refractivity contribution >= 4 is 11.9 Å². The molecule has 0 radical (unpaired) electrons. The summed E-state index contributed by atoms with van der Waals surface area (Å²) in [5.41, 5.74) is -1.77. The first-order valence-corrected chi connectivity index (χ1v) is 5.55. The zero-order chi connectivity index (χ0) is 13.1. The number of carboxylic acid groups (broad SMARTS) is 1. The highest BCUT2D eigenvalue weighted by Crippen LogP contribution is 2.30. The molecule has 0 heterocycles. The van der Waals surface area contributed by atoms with Gasteiger partial charge in [0.15, 0.2) is 0 Å². The third-order valence-electron chi connectivity index (χ3n) is 3.14. The maximum Gasteiger partial charge on any atom is 0.311 e. The van der Waals surface area contributed by atoms with Gasteiger partial charge in [0.1, 0.15) is 0 Å². The second-order valence-corrected chi connectivity index (χ2v) is 5.70. The van der Waals surface area contributed by atoms with Crippen molar-refractivity contribution in [3.05, 3.63) is 0 Å². The molecule has 94 valence electrons. The normalized spacial score (nSPS) is 12.7. The Morgan fingerprint density at radius 2 is 1.62 bits per heavy atom. The Balaban J connectivity index is 4.69. The lowest BCUT2D eigenvalue weighted by Crippen LogP contribution is -2.57. The molecule has 1 amide bonds. The fourth-order valence-corrected chi connectivity index (χ4v) is 1.19. The van der Waals surface area contributed by atoms with Crippen molar-refractivity contribution in [2.45, 2.75) is 53.5 Å². The standard InChI is InChI=1S/C12H23NO3/c1-8(2)7-9(14)13-12(5,6)11(3,4)10(15)16/h8H,7H2,1-6H3,(H,13,14)(H,15,16). The summed E-state index contributed by atoms with van der Waals surface area (Å²) in [4.78, 5) is 22.8. The molecule has 16 heavy (non-hydrogen) atoms. The maximum atomic E-state index is 11.6. The summed E-state index contributed by atoms with van der Waals surface area (Å²) >= 11 is 0. The highest BCUT2D eigenvalue weighted by Gasteiger charge is 2.44. The van der Waals surface area contributed by atoms with E-state index in [0.717, 1.165) is 0 Å². The van der Waals surface area contributed by atoms with Crippen LogP contribution < -0.4 is 5.32 Å². The van der Waals surface area contributed by atoms with Gasteiger partial charge in [-0.2, -0.15) is 0 Å². The molecule has 0 saturated heterocycles. The van der Waals surface area contributed by atoms with E-state index in [1.165, 1.54) is 0 Å². The van der Waals surface area contributed by atoms with Gasteiger partial charge in [0.2, 0.25) is 5.91 Å². The molecular formula is C12H23NO3. The van der Waals surface area contributed by atoms with Gasteiger partial charge in [-0.1, -0.05) is 13.8 Å². The van der Waals surface area contributed by atoms with Crippen molar-refractivity contribution in [3.63, 3.8) is 0 Å². The van der Waals surface area contributed by atoms with Crippen LogP contribution in [0.25, 0.3) is 0 Å². The minimum atomic E-state index is -1.00. The number of nitrogens with one attached hydrogen (secondary N) is 1. The lowest BCUT2D eigenvalue weighted by Gasteiger charge is -2.39. The van der Waals surface area contributed by atoms with Crippen molar-refractivity contribution < 1.29 is 14.7 Å². The first-order chi connectivity index (χ1) is 7.00. The summed E-state index contributed by atoms with van der Waals surface area (Å²) in [6.07, 6.45) is 0.416. The fourth-order valence-electron chi connectivity index (χ4n) is 1.19. The summed E-state index contributed by atoms with van der Waals surface area (Å²) in [7, 11) is 0. The molecule has 0 aliphatic carbocycles. The summed E-state index contributed by atoms with van der Waals surface area (Å²) in [5, 5.41) is 11.9. The van der Waals surface area contributed by atoms with E-state index in [2.05, 4.69) is 5.32 Å². The number of aliphatic carboxylic acids is 1. The quantitative estimate of drug-likeness (QED) is 0.758. The molecule has 0 rings (SSSR count). The van der Waals surface area contributed by atoms with E-state index in [1.807, 2.05) is 13.8 Å². The molecule has 0 aliphatic rings. The molecule has 4 nitrogen and oxygen atoms in total. The van der Waals surface area contributed by atoms with Gasteiger partial charge in [-0.05, 0) is 33.6 Å². The average Bonchev–Trinajstić information content (AvgIpc) is 1.99. The molecule has 0 unspecified atom stereocenters. The van der Waals surface area contributed by atoms with E-state index in [9.17, 15) is 9.59 Å². The zero-order valence-electron chi connectivity index (χ0n) is 11.0. The van der Waals surface area contributed by atoms with Crippen LogP contribution in [-0.2, 0) is 9.59 Å². The van der Waals surface area contributed by atoms with Crippen molar-refractivity contribution in [1.29, 1.82) is 0 Å². The van der Waals surface area contributed by atoms with Gasteiger partial charge in [0.25, 0.3) is 0 Å². The van der Waals surface area contributed by atoms with Gasteiger partial charge in [-0.25, -0.2) is 0 Å². The highest BCUT2D eigenvalue weighted by molar-refractivity contribution is 5.80. The van der Waals surface area contributed by atoms with Crippen LogP contribution >= 0.6 is 0 Å². The van der Waals surface area contributed by atoms with Gasteiger partial charge in [0, 0.05) is 12.0 Å². The minimum Gasteiger partial charge on any atom is -0.481 e. The van der Waals surface area contributed by atoms with Crippen LogP contribution in [0.4, 0.5) is 0 Å². The lowest BCUT2D eigenvalue weighted by molar-refractivity contribution is -0.151. The molecule has 0 fully saturated rings. The van der Waals surface area contributed by atoms with Crippen LogP contribution in [0.5, 0.6) is 0 Å². The smallest absolute Gasteiger partial charge is 0.311 e. The summed E-state index contributed by atoms with van der Waals surface area (Å²) in [5.74, 6) is -0.750. The molecule has 0 bridgehead atoms. The molecule has 0 aromatic rings. The largest absolute Gasteiger partial charge is 0.481 e. The first kappa shape index (κ1) is 14.9. The number of amides is 1. The zero-order valence-corrected chi connectivity index (χ0v) is 11.0. The van der Waals surface area contributed by atoms with Crippen molar-refractivity contribution in [3.8, 4) is 0 Å². The second kappa shape index (κ2) is 4.85. The summed E-state index contributed by atoms with van der Waals surface area (Å²) in [6, 6.07) is 0. The highest BCUT2D eigenvalue weighted by atomic mass is 16.4. The number of hydrogen-bond donors (Lipinski definition) is 2. The molecule has 0 spiro atoms. The maximum absolute atomic E-state index is 11.6. The van der Waals surface area contributed by atoms with Crippen molar-refractivity contribution in [2.24, 2.45) is 11.3 Å². The Kier molecular flexibility index (Phi) is 4.53. The Hall–Kier alpha value is -1.06. The molecular weight excluding hydrogens is 206 g/mol. The molecule has 0 aliphatic heterocycles. The molecule has 0 aromatic carbocycles. The molecule has 0 atom stereocenters. The van der Waals surface area contributed by atoms with Crippen LogP contribution in [0.15, 0.2) is 0 Å². The van der Waals surface area contributed by atoms with Gasteiger partial charge >= 0.3 is 5.97 Å². The number of carbonyl (C=O) groups is 2. The molecule has 0 aromatic heterocycles. The van der Waals surface area contributed by atoms with Crippen LogP contribution in [0, 0.1) is 11.3 Å². The van der Waals surface area contributed by atoms with Crippen molar-refractivity contribution in [1.82, 2.24) is 5.32 Å². The monoisotopic (exact) mass is 229 g/mol.